The van der Waals surface area contributed by atoms with E-state index in [9.17, 15) is 9.59 Å². The summed E-state index contributed by atoms with van der Waals surface area (Å²) in [6.07, 6.45) is 10.1. The number of fused-ring (bicyclic) bond motifs is 1. The van der Waals surface area contributed by atoms with E-state index in [0.717, 1.165) is 71.5 Å². The number of aliphatic carboxylic acids is 1. The van der Waals surface area contributed by atoms with Gasteiger partial charge in [0.1, 0.15) is 0 Å². The molecule has 1 fully saturated rings. The van der Waals surface area contributed by atoms with Crippen LogP contribution in [-0.2, 0) is 23.1 Å². The van der Waals surface area contributed by atoms with Crippen LogP contribution >= 0.6 is 0 Å². The van der Waals surface area contributed by atoms with Crippen LogP contribution in [0.1, 0.15) is 43.2 Å². The maximum atomic E-state index is 13.7. The summed E-state index contributed by atoms with van der Waals surface area (Å²) in [7, 11) is 1.99. The van der Waals surface area contributed by atoms with Crippen LogP contribution in [0.25, 0.3) is 28.2 Å². The fraction of sp³-hybridized carbons (Fsp3) is 0.258. The van der Waals surface area contributed by atoms with Crippen molar-refractivity contribution in [1.29, 1.82) is 0 Å². The average Bonchev–Trinajstić information content (AvgIpc) is 3.28. The van der Waals surface area contributed by atoms with E-state index in [0.29, 0.717) is 12.1 Å². The second-order valence-corrected chi connectivity index (χ2v) is 10.0. The molecule has 37 heavy (non-hydrogen) atoms. The van der Waals surface area contributed by atoms with Gasteiger partial charge >= 0.3 is 5.97 Å². The molecule has 1 saturated carbocycles. The number of amides is 1. The first-order valence-electron chi connectivity index (χ1n) is 12.7. The molecule has 0 atom stereocenters. The lowest BCUT2D eigenvalue weighted by molar-refractivity contribution is -0.131. The Morgan fingerprint density at radius 1 is 1.00 bits per heavy atom. The summed E-state index contributed by atoms with van der Waals surface area (Å²) < 4.78 is 2.01. The molecule has 0 saturated heterocycles. The Balaban J connectivity index is 1.34. The number of carbonyl (C=O) groups excluding carboxylic acids is 1. The molecule has 1 aromatic heterocycles. The molecule has 5 rings (SSSR count). The monoisotopic (exact) mass is 493 g/mol. The minimum atomic E-state index is -1.00. The number of nitrogens with one attached hydrogen (secondary N) is 1. The first kappa shape index (κ1) is 24.5. The molecular formula is C31H31N3O3. The Hall–Kier alpha value is -4.19. The Bertz CT molecular complexity index is 1460. The molecule has 1 aliphatic carbocycles. The highest BCUT2D eigenvalue weighted by molar-refractivity contribution is 5.96. The molecule has 6 nitrogen and oxygen atoms in total. The standard InChI is InChI=1S/C31H31N3O3/c1-34-21-32-27-19-25(13-14-28(27)34)24-11-8-23(9-12-24)20-31(16-3-2-4-17-31)30(37)33-26-7-5-6-22(18-26)10-15-29(35)36/h5-15,18-19,21H,2-4,16-17,20H2,1H3,(H,33,37)(H,35,36)/b15-10+. The Morgan fingerprint density at radius 3 is 2.51 bits per heavy atom. The molecule has 0 unspecified atom stereocenters. The number of rotatable bonds is 7. The summed E-state index contributed by atoms with van der Waals surface area (Å²) in [5.41, 5.74) is 6.44. The van der Waals surface area contributed by atoms with E-state index in [2.05, 4.69) is 52.8 Å². The molecule has 6 heteroatoms. The number of carbonyl (C=O) groups is 2. The van der Waals surface area contributed by atoms with Crippen LogP contribution in [0.3, 0.4) is 0 Å². The second kappa shape index (κ2) is 10.4. The highest BCUT2D eigenvalue weighted by atomic mass is 16.4. The third-order valence-corrected chi connectivity index (χ3v) is 7.41. The lowest BCUT2D eigenvalue weighted by Gasteiger charge is -2.36. The molecule has 4 aromatic rings. The van der Waals surface area contributed by atoms with Gasteiger partial charge in [-0.05, 0) is 71.9 Å². The van der Waals surface area contributed by atoms with Crippen molar-refractivity contribution in [3.63, 3.8) is 0 Å². The van der Waals surface area contributed by atoms with Crippen LogP contribution in [0, 0.1) is 5.41 Å². The summed E-state index contributed by atoms with van der Waals surface area (Å²) in [5, 5.41) is 12.0. The summed E-state index contributed by atoms with van der Waals surface area (Å²) in [4.78, 5) is 29.0. The van der Waals surface area contributed by atoms with Gasteiger partial charge in [-0.15, -0.1) is 0 Å². The molecule has 3 aromatic carbocycles. The first-order chi connectivity index (χ1) is 17.9. The highest BCUT2D eigenvalue weighted by Gasteiger charge is 2.39. The zero-order valence-corrected chi connectivity index (χ0v) is 21.0. The summed E-state index contributed by atoms with van der Waals surface area (Å²) in [5.74, 6) is -0.963. The molecule has 0 spiro atoms. The largest absolute Gasteiger partial charge is 0.478 e. The zero-order valence-electron chi connectivity index (χ0n) is 21.0. The molecule has 1 amide bonds. The fourth-order valence-electron chi connectivity index (χ4n) is 5.39. The minimum Gasteiger partial charge on any atom is -0.478 e. The van der Waals surface area contributed by atoms with Gasteiger partial charge in [-0.1, -0.05) is 61.7 Å². The van der Waals surface area contributed by atoms with E-state index >= 15 is 0 Å². The predicted molar refractivity (Wildman–Crippen MR) is 147 cm³/mol. The van der Waals surface area contributed by atoms with Gasteiger partial charge in [0.25, 0.3) is 0 Å². The summed E-state index contributed by atoms with van der Waals surface area (Å²) in [6.45, 7) is 0. The van der Waals surface area contributed by atoms with Crippen molar-refractivity contribution in [2.75, 3.05) is 5.32 Å². The Kier molecular flexibility index (Phi) is 6.91. The summed E-state index contributed by atoms with van der Waals surface area (Å²) in [6, 6.07) is 22.2. The molecule has 0 radical (unpaired) electrons. The zero-order chi connectivity index (χ0) is 25.8. The van der Waals surface area contributed by atoms with Crippen molar-refractivity contribution in [2.45, 2.75) is 38.5 Å². The SMILES string of the molecule is Cn1cnc2cc(-c3ccc(CC4(C(=O)Nc5cccc(/C=C/C(=O)O)c5)CCCCC4)cc3)ccc21. The topological polar surface area (TPSA) is 84.2 Å². The van der Waals surface area contributed by atoms with E-state index in [1.807, 2.05) is 36.1 Å². The van der Waals surface area contributed by atoms with E-state index < -0.39 is 11.4 Å². The van der Waals surface area contributed by atoms with Crippen molar-refractivity contribution >= 4 is 34.7 Å². The maximum absolute atomic E-state index is 13.7. The van der Waals surface area contributed by atoms with Gasteiger partial charge in [0.05, 0.1) is 22.8 Å². The van der Waals surface area contributed by atoms with Gasteiger partial charge in [-0.25, -0.2) is 9.78 Å². The smallest absolute Gasteiger partial charge is 0.328 e. The van der Waals surface area contributed by atoms with Crippen molar-refractivity contribution in [3.8, 4) is 11.1 Å². The van der Waals surface area contributed by atoms with Gasteiger partial charge in [0.2, 0.25) is 5.91 Å². The Labute approximate surface area is 216 Å². The number of hydrogen-bond acceptors (Lipinski definition) is 3. The van der Waals surface area contributed by atoms with Crippen LogP contribution in [0.2, 0.25) is 0 Å². The normalized spacial score (nSPS) is 15.2. The molecule has 1 heterocycles. The Morgan fingerprint density at radius 2 is 1.76 bits per heavy atom. The van der Waals surface area contributed by atoms with Gasteiger partial charge in [0.15, 0.2) is 0 Å². The van der Waals surface area contributed by atoms with Crippen LogP contribution in [-0.4, -0.2) is 26.5 Å². The van der Waals surface area contributed by atoms with Crippen LogP contribution in [0.5, 0.6) is 0 Å². The number of nitrogens with zero attached hydrogens (tertiary/aromatic N) is 2. The van der Waals surface area contributed by atoms with E-state index in [-0.39, 0.29) is 5.91 Å². The fourth-order valence-corrected chi connectivity index (χ4v) is 5.39. The lowest BCUT2D eigenvalue weighted by Crippen LogP contribution is -2.40. The molecule has 0 aliphatic heterocycles. The quantitative estimate of drug-likeness (QED) is 0.289. The number of anilines is 1. The van der Waals surface area contributed by atoms with Crippen LogP contribution < -0.4 is 5.32 Å². The van der Waals surface area contributed by atoms with Crippen molar-refractivity contribution < 1.29 is 14.7 Å². The van der Waals surface area contributed by atoms with Gasteiger partial charge in [-0.3, -0.25) is 4.79 Å². The van der Waals surface area contributed by atoms with Gasteiger partial charge in [-0.2, -0.15) is 0 Å². The number of carboxylic acid groups (broad SMARTS) is 1. The molecule has 188 valence electrons. The highest BCUT2D eigenvalue weighted by Crippen LogP contribution is 2.41. The van der Waals surface area contributed by atoms with E-state index in [4.69, 9.17) is 5.11 Å². The minimum absolute atomic E-state index is 0.0382. The average molecular weight is 494 g/mol. The predicted octanol–water partition coefficient (Wildman–Crippen LogP) is 6.47. The van der Waals surface area contributed by atoms with Crippen molar-refractivity contribution in [2.24, 2.45) is 12.5 Å². The number of hydrogen-bond donors (Lipinski definition) is 2. The molecule has 1 aliphatic rings. The number of imidazole rings is 1. The second-order valence-electron chi connectivity index (χ2n) is 10.0. The van der Waals surface area contributed by atoms with Crippen molar-refractivity contribution in [1.82, 2.24) is 9.55 Å². The van der Waals surface area contributed by atoms with Crippen LogP contribution in [0.15, 0.2) is 79.1 Å². The van der Waals surface area contributed by atoms with Gasteiger partial charge in [0, 0.05) is 18.8 Å². The molecular weight excluding hydrogens is 462 g/mol. The number of aromatic nitrogens is 2. The van der Waals surface area contributed by atoms with E-state index in [1.165, 1.54) is 6.08 Å². The first-order valence-corrected chi connectivity index (χ1v) is 12.7. The van der Waals surface area contributed by atoms with Crippen LogP contribution in [0.4, 0.5) is 5.69 Å². The molecule has 0 bridgehead atoms. The van der Waals surface area contributed by atoms with Gasteiger partial charge < -0.3 is 15.0 Å². The number of benzene rings is 3. The number of carboxylic acids is 1. The molecule has 2 N–H and O–H groups in total. The summed E-state index contributed by atoms with van der Waals surface area (Å²) >= 11 is 0. The lowest BCUT2D eigenvalue weighted by atomic mass is 9.69. The van der Waals surface area contributed by atoms with E-state index in [1.54, 1.807) is 6.07 Å². The third kappa shape index (κ3) is 5.48. The maximum Gasteiger partial charge on any atom is 0.328 e. The van der Waals surface area contributed by atoms with Crippen molar-refractivity contribution in [3.05, 3.63) is 90.3 Å². The number of aryl methyl sites for hydroxylation is 1. The third-order valence-electron chi connectivity index (χ3n) is 7.41.